The van der Waals surface area contributed by atoms with Crippen molar-refractivity contribution in [3.63, 3.8) is 0 Å². The first-order chi connectivity index (χ1) is 7.13. The van der Waals surface area contributed by atoms with Crippen LogP contribution in [0.25, 0.3) is 0 Å². The van der Waals surface area contributed by atoms with Gasteiger partial charge in [-0.25, -0.2) is 0 Å². The minimum absolute atomic E-state index is 0.0438. The lowest BCUT2D eigenvalue weighted by atomic mass is 10.2. The Morgan fingerprint density at radius 2 is 2.27 bits per heavy atom. The van der Waals surface area contributed by atoms with Crippen LogP contribution in [0.4, 0.5) is 11.4 Å². The van der Waals surface area contributed by atoms with Gasteiger partial charge in [-0.3, -0.25) is 4.79 Å². The second-order valence-electron chi connectivity index (χ2n) is 3.39. The van der Waals surface area contributed by atoms with E-state index in [1.165, 1.54) is 0 Å². The Hall–Kier alpha value is -1.03. The molecule has 0 fully saturated rings. The summed E-state index contributed by atoms with van der Waals surface area (Å²) in [6.07, 6.45) is 2.50. The highest BCUT2D eigenvalue weighted by Gasteiger charge is 2.04. The molecule has 0 atom stereocenters. The van der Waals surface area contributed by atoms with E-state index in [1.54, 1.807) is 18.2 Å². The topological polar surface area (TPSA) is 55.1 Å². The number of carbonyl (C=O) groups excluding carboxylic acids is 1. The van der Waals surface area contributed by atoms with E-state index in [1.807, 2.05) is 0 Å². The van der Waals surface area contributed by atoms with Crippen molar-refractivity contribution in [2.45, 2.75) is 26.2 Å². The number of amides is 1. The number of hydrogen-bond donors (Lipinski definition) is 2. The van der Waals surface area contributed by atoms with E-state index in [0.717, 1.165) is 23.0 Å². The first-order valence-corrected chi connectivity index (χ1v) is 5.77. The molecule has 1 rings (SSSR count). The number of anilines is 2. The summed E-state index contributed by atoms with van der Waals surface area (Å²) in [5, 5.41) is 2.83. The van der Waals surface area contributed by atoms with Gasteiger partial charge in [0, 0.05) is 16.6 Å². The van der Waals surface area contributed by atoms with E-state index in [2.05, 4.69) is 28.2 Å². The molecule has 0 radical (unpaired) electrons. The first-order valence-electron chi connectivity index (χ1n) is 4.98. The fourth-order valence-corrected chi connectivity index (χ4v) is 1.68. The summed E-state index contributed by atoms with van der Waals surface area (Å²) in [7, 11) is 0. The Balaban J connectivity index is 2.60. The summed E-state index contributed by atoms with van der Waals surface area (Å²) < 4.78 is 0.812. The van der Waals surface area contributed by atoms with E-state index < -0.39 is 0 Å². The molecule has 3 nitrogen and oxygen atoms in total. The fourth-order valence-electron chi connectivity index (χ4n) is 1.18. The van der Waals surface area contributed by atoms with Crippen LogP contribution in [0.5, 0.6) is 0 Å². The van der Waals surface area contributed by atoms with Crippen molar-refractivity contribution in [2.24, 2.45) is 0 Å². The van der Waals surface area contributed by atoms with Crippen LogP contribution in [0.1, 0.15) is 26.2 Å². The Kier molecular flexibility index (Phi) is 4.62. The highest BCUT2D eigenvalue weighted by Crippen LogP contribution is 2.24. The molecule has 0 aliphatic heterocycles. The molecule has 0 aliphatic carbocycles. The number of hydrogen-bond acceptors (Lipinski definition) is 2. The number of rotatable bonds is 4. The average Bonchev–Trinajstić information content (AvgIpc) is 2.19. The van der Waals surface area contributed by atoms with Crippen LogP contribution in [-0.4, -0.2) is 5.91 Å². The Bertz CT molecular complexity index is 352. The molecule has 1 amide bonds. The highest BCUT2D eigenvalue weighted by atomic mass is 79.9. The third-order valence-corrected chi connectivity index (χ3v) is 2.68. The number of unbranched alkanes of at least 4 members (excludes halogenated alkanes) is 1. The monoisotopic (exact) mass is 270 g/mol. The van der Waals surface area contributed by atoms with Crippen molar-refractivity contribution in [1.82, 2.24) is 0 Å². The lowest BCUT2D eigenvalue weighted by molar-refractivity contribution is -0.116. The van der Waals surface area contributed by atoms with Crippen LogP contribution in [0, 0.1) is 0 Å². The van der Waals surface area contributed by atoms with Crippen molar-refractivity contribution in [2.75, 3.05) is 11.1 Å². The highest BCUT2D eigenvalue weighted by molar-refractivity contribution is 9.10. The molecule has 0 unspecified atom stereocenters. The molecule has 1 aromatic rings. The zero-order valence-electron chi connectivity index (χ0n) is 8.72. The van der Waals surface area contributed by atoms with E-state index in [4.69, 9.17) is 5.73 Å². The van der Waals surface area contributed by atoms with Gasteiger partial charge in [0.15, 0.2) is 0 Å². The SMILES string of the molecule is CCCCC(=O)Nc1ccc(N)cc1Br. The second kappa shape index (κ2) is 5.75. The van der Waals surface area contributed by atoms with Crippen LogP contribution in [0.2, 0.25) is 0 Å². The number of benzene rings is 1. The van der Waals surface area contributed by atoms with Gasteiger partial charge in [0.05, 0.1) is 5.69 Å². The molecule has 4 heteroatoms. The van der Waals surface area contributed by atoms with E-state index in [0.29, 0.717) is 12.1 Å². The summed E-state index contributed by atoms with van der Waals surface area (Å²) in [6, 6.07) is 5.33. The van der Waals surface area contributed by atoms with Gasteiger partial charge in [-0.1, -0.05) is 13.3 Å². The maximum Gasteiger partial charge on any atom is 0.224 e. The molecule has 15 heavy (non-hydrogen) atoms. The van der Waals surface area contributed by atoms with Crippen LogP contribution >= 0.6 is 15.9 Å². The van der Waals surface area contributed by atoms with E-state index in [9.17, 15) is 4.79 Å². The minimum Gasteiger partial charge on any atom is -0.399 e. The van der Waals surface area contributed by atoms with Crippen LogP contribution in [-0.2, 0) is 4.79 Å². The maximum atomic E-state index is 11.4. The van der Waals surface area contributed by atoms with Gasteiger partial charge in [-0.05, 0) is 40.5 Å². The summed E-state index contributed by atoms with van der Waals surface area (Å²) in [5.74, 6) is 0.0438. The molecule has 0 saturated carbocycles. The third-order valence-electron chi connectivity index (χ3n) is 2.02. The van der Waals surface area contributed by atoms with Crippen molar-refractivity contribution in [3.05, 3.63) is 22.7 Å². The Labute approximate surface area is 98.2 Å². The molecule has 0 aliphatic rings. The number of nitrogen functional groups attached to an aromatic ring is 1. The zero-order valence-corrected chi connectivity index (χ0v) is 10.3. The van der Waals surface area contributed by atoms with Crippen LogP contribution in [0.3, 0.4) is 0 Å². The summed E-state index contributed by atoms with van der Waals surface area (Å²) in [5.41, 5.74) is 7.04. The standard InChI is InChI=1S/C11H15BrN2O/c1-2-3-4-11(15)14-10-6-5-8(13)7-9(10)12/h5-7H,2-4,13H2,1H3,(H,14,15). The molecule has 0 aromatic heterocycles. The smallest absolute Gasteiger partial charge is 0.224 e. The molecule has 0 spiro atoms. The molecule has 0 saturated heterocycles. The molecule has 0 bridgehead atoms. The van der Waals surface area contributed by atoms with Gasteiger partial charge >= 0.3 is 0 Å². The van der Waals surface area contributed by atoms with Gasteiger partial charge < -0.3 is 11.1 Å². The lowest BCUT2D eigenvalue weighted by Crippen LogP contribution is -2.11. The molecular weight excluding hydrogens is 256 g/mol. The van der Waals surface area contributed by atoms with Crippen molar-refractivity contribution < 1.29 is 4.79 Å². The van der Waals surface area contributed by atoms with Gasteiger partial charge in [0.1, 0.15) is 0 Å². The largest absolute Gasteiger partial charge is 0.399 e. The van der Waals surface area contributed by atoms with Gasteiger partial charge in [0.25, 0.3) is 0 Å². The lowest BCUT2D eigenvalue weighted by Gasteiger charge is -2.07. The normalized spacial score (nSPS) is 10.0. The Morgan fingerprint density at radius 3 is 2.87 bits per heavy atom. The van der Waals surface area contributed by atoms with Gasteiger partial charge in [-0.15, -0.1) is 0 Å². The van der Waals surface area contributed by atoms with Crippen molar-refractivity contribution >= 4 is 33.2 Å². The van der Waals surface area contributed by atoms with Crippen molar-refractivity contribution in [3.8, 4) is 0 Å². The number of halogens is 1. The quantitative estimate of drug-likeness (QED) is 0.826. The molecule has 1 aromatic carbocycles. The minimum atomic E-state index is 0.0438. The molecule has 0 heterocycles. The molecule has 82 valence electrons. The first kappa shape index (κ1) is 12.0. The Morgan fingerprint density at radius 1 is 1.53 bits per heavy atom. The predicted octanol–water partition coefficient (Wildman–Crippen LogP) is 3.16. The van der Waals surface area contributed by atoms with Crippen molar-refractivity contribution in [1.29, 1.82) is 0 Å². The zero-order chi connectivity index (χ0) is 11.3. The molecule has 3 N–H and O–H groups in total. The number of nitrogens with two attached hydrogens (primary N) is 1. The number of carbonyl (C=O) groups is 1. The van der Waals surface area contributed by atoms with E-state index >= 15 is 0 Å². The van der Waals surface area contributed by atoms with E-state index in [-0.39, 0.29) is 5.91 Å². The summed E-state index contributed by atoms with van der Waals surface area (Å²) in [6.45, 7) is 2.06. The second-order valence-corrected chi connectivity index (χ2v) is 4.25. The fraction of sp³-hybridized carbons (Fsp3) is 0.364. The molecular formula is C11H15BrN2O. The van der Waals surface area contributed by atoms with Crippen LogP contribution < -0.4 is 11.1 Å². The average molecular weight is 271 g/mol. The predicted molar refractivity (Wildman–Crippen MR) is 66.7 cm³/mol. The summed E-state index contributed by atoms with van der Waals surface area (Å²) in [4.78, 5) is 11.4. The summed E-state index contributed by atoms with van der Waals surface area (Å²) >= 11 is 3.35. The van der Waals surface area contributed by atoms with Gasteiger partial charge in [-0.2, -0.15) is 0 Å². The maximum absolute atomic E-state index is 11.4. The van der Waals surface area contributed by atoms with Gasteiger partial charge in [0.2, 0.25) is 5.91 Å². The van der Waals surface area contributed by atoms with Crippen LogP contribution in [0.15, 0.2) is 22.7 Å². The third kappa shape index (κ3) is 3.91. The number of nitrogens with one attached hydrogen (secondary N) is 1.